The summed E-state index contributed by atoms with van der Waals surface area (Å²) < 4.78 is 5.50. The number of hydrogen-bond donors (Lipinski definition) is 0. The van der Waals surface area contributed by atoms with Crippen LogP contribution in [0, 0.1) is 0 Å². The van der Waals surface area contributed by atoms with Crippen LogP contribution in [0.3, 0.4) is 0 Å². The van der Waals surface area contributed by atoms with E-state index in [2.05, 4.69) is 18.0 Å². The fourth-order valence-electron chi connectivity index (χ4n) is 3.30. The highest BCUT2D eigenvalue weighted by Crippen LogP contribution is 2.26. The van der Waals surface area contributed by atoms with Crippen LogP contribution in [-0.4, -0.2) is 37.4 Å². The highest BCUT2D eigenvalue weighted by Gasteiger charge is 2.14. The molecular formula is C22H26ClNO2. The first kappa shape index (κ1) is 18.9. The van der Waals surface area contributed by atoms with Gasteiger partial charge in [-0.15, -0.1) is 0 Å². The van der Waals surface area contributed by atoms with Crippen LogP contribution < -0.4 is 4.74 Å². The Morgan fingerprint density at radius 3 is 2.85 bits per heavy atom. The number of benzene rings is 2. The summed E-state index contributed by atoms with van der Waals surface area (Å²) >= 11 is 6.20. The predicted octanol–water partition coefficient (Wildman–Crippen LogP) is 4.80. The Bertz CT molecular complexity index is 760. The largest absolute Gasteiger partial charge is 0.493 e. The van der Waals surface area contributed by atoms with Crippen molar-refractivity contribution >= 4 is 17.4 Å². The molecule has 0 fully saturated rings. The third-order valence-electron chi connectivity index (χ3n) is 4.93. The van der Waals surface area contributed by atoms with Crippen molar-refractivity contribution in [3.8, 4) is 5.75 Å². The number of ketones is 1. The van der Waals surface area contributed by atoms with Crippen molar-refractivity contribution in [1.29, 1.82) is 0 Å². The highest BCUT2D eigenvalue weighted by atomic mass is 35.5. The number of carbonyl (C=O) groups is 1. The average Bonchev–Trinajstić information content (AvgIpc) is 3.12. The molecule has 0 saturated carbocycles. The van der Waals surface area contributed by atoms with Crippen molar-refractivity contribution in [3.05, 3.63) is 64.2 Å². The lowest BCUT2D eigenvalue weighted by molar-refractivity contribution is 0.0978. The van der Waals surface area contributed by atoms with Gasteiger partial charge in [-0.1, -0.05) is 29.8 Å². The van der Waals surface area contributed by atoms with Gasteiger partial charge in [-0.25, -0.2) is 0 Å². The molecule has 1 aliphatic rings. The summed E-state index contributed by atoms with van der Waals surface area (Å²) in [5, 5.41) is 0.839. The number of nitrogens with zero attached hydrogens (tertiary/aromatic N) is 1. The molecule has 1 heterocycles. The zero-order chi connectivity index (χ0) is 18.4. The number of rotatable bonds is 9. The van der Waals surface area contributed by atoms with E-state index in [-0.39, 0.29) is 5.78 Å². The van der Waals surface area contributed by atoms with Gasteiger partial charge in [-0.2, -0.15) is 0 Å². The van der Waals surface area contributed by atoms with Crippen molar-refractivity contribution in [2.75, 3.05) is 26.7 Å². The van der Waals surface area contributed by atoms with E-state index >= 15 is 0 Å². The first-order chi connectivity index (χ1) is 12.6. The first-order valence-corrected chi connectivity index (χ1v) is 9.72. The van der Waals surface area contributed by atoms with Gasteiger partial charge in [0.05, 0.1) is 6.61 Å². The Labute approximate surface area is 160 Å². The number of ether oxygens (including phenoxy) is 1. The molecule has 26 heavy (non-hydrogen) atoms. The molecule has 0 N–H and O–H groups in total. The number of carbonyl (C=O) groups excluding carboxylic acids is 1. The molecule has 0 amide bonds. The maximum Gasteiger partial charge on any atom is 0.162 e. The monoisotopic (exact) mass is 371 g/mol. The van der Waals surface area contributed by atoms with Crippen LogP contribution in [0.1, 0.15) is 40.7 Å². The van der Waals surface area contributed by atoms with Gasteiger partial charge in [0, 0.05) is 30.0 Å². The van der Waals surface area contributed by atoms with E-state index in [4.69, 9.17) is 16.3 Å². The maximum atomic E-state index is 12.4. The fourth-order valence-corrected chi connectivity index (χ4v) is 3.53. The molecule has 0 unspecified atom stereocenters. The Hall–Kier alpha value is -1.84. The van der Waals surface area contributed by atoms with Gasteiger partial charge in [0.2, 0.25) is 0 Å². The molecule has 0 bridgehead atoms. The van der Waals surface area contributed by atoms with E-state index in [1.807, 2.05) is 36.4 Å². The lowest BCUT2D eigenvalue weighted by Crippen LogP contribution is -2.22. The van der Waals surface area contributed by atoms with Gasteiger partial charge < -0.3 is 9.64 Å². The molecule has 1 aliphatic heterocycles. The Kier molecular flexibility index (Phi) is 6.70. The van der Waals surface area contributed by atoms with E-state index in [0.29, 0.717) is 6.42 Å². The smallest absolute Gasteiger partial charge is 0.162 e. The van der Waals surface area contributed by atoms with Crippen LogP contribution in [-0.2, 0) is 12.8 Å². The zero-order valence-electron chi connectivity index (χ0n) is 15.3. The van der Waals surface area contributed by atoms with Crippen LogP contribution in [0.5, 0.6) is 5.75 Å². The number of halogens is 1. The minimum atomic E-state index is 0.235. The van der Waals surface area contributed by atoms with Crippen LogP contribution >= 0.6 is 11.6 Å². The standard InChI is InChI=1S/C22H26ClNO2/c1-24(14-11-17-6-2-3-7-20(17)23)13-5-4-8-21(25)18-9-10-22-19(16-18)12-15-26-22/h2-3,6-7,9-10,16H,4-5,8,11-15H2,1H3. The Morgan fingerprint density at radius 1 is 1.15 bits per heavy atom. The molecule has 0 radical (unpaired) electrons. The molecule has 0 aliphatic carbocycles. The van der Waals surface area contributed by atoms with E-state index < -0.39 is 0 Å². The first-order valence-electron chi connectivity index (χ1n) is 9.34. The SMILES string of the molecule is CN(CCCCC(=O)c1ccc2c(c1)CCO2)CCc1ccccc1Cl. The topological polar surface area (TPSA) is 29.5 Å². The number of fused-ring (bicyclic) bond motifs is 1. The van der Waals surface area contributed by atoms with Crippen LogP contribution in [0.2, 0.25) is 5.02 Å². The van der Waals surface area contributed by atoms with Gasteiger partial charge in [-0.3, -0.25) is 4.79 Å². The summed E-state index contributed by atoms with van der Waals surface area (Å²) in [5.41, 5.74) is 3.17. The molecule has 2 aromatic rings. The second-order valence-electron chi connectivity index (χ2n) is 6.95. The summed E-state index contributed by atoms with van der Waals surface area (Å²) in [6, 6.07) is 13.8. The number of unbranched alkanes of at least 4 members (excludes halogenated alkanes) is 1. The van der Waals surface area contributed by atoms with Crippen molar-refractivity contribution in [1.82, 2.24) is 4.90 Å². The van der Waals surface area contributed by atoms with Gasteiger partial charge in [0.25, 0.3) is 0 Å². The molecule has 0 aromatic heterocycles. The Morgan fingerprint density at radius 2 is 2.00 bits per heavy atom. The Balaban J connectivity index is 1.36. The summed E-state index contributed by atoms with van der Waals surface area (Å²) in [5.74, 6) is 1.17. The van der Waals surface area contributed by atoms with Gasteiger partial charge >= 0.3 is 0 Å². The van der Waals surface area contributed by atoms with Crippen molar-refractivity contribution in [2.24, 2.45) is 0 Å². The van der Waals surface area contributed by atoms with Crippen molar-refractivity contribution in [2.45, 2.75) is 32.1 Å². The van der Waals surface area contributed by atoms with E-state index in [1.165, 1.54) is 5.56 Å². The summed E-state index contributed by atoms with van der Waals surface area (Å²) in [6.45, 7) is 2.70. The fraction of sp³-hybridized carbons (Fsp3) is 0.409. The van der Waals surface area contributed by atoms with Gasteiger partial charge in [0.1, 0.15) is 5.75 Å². The maximum absolute atomic E-state index is 12.4. The van der Waals surface area contributed by atoms with Crippen molar-refractivity contribution < 1.29 is 9.53 Å². The molecule has 2 aromatic carbocycles. The molecule has 0 spiro atoms. The molecular weight excluding hydrogens is 346 g/mol. The zero-order valence-corrected chi connectivity index (χ0v) is 16.1. The van der Waals surface area contributed by atoms with Crippen LogP contribution in [0.15, 0.2) is 42.5 Å². The summed E-state index contributed by atoms with van der Waals surface area (Å²) in [4.78, 5) is 14.7. The predicted molar refractivity (Wildman–Crippen MR) is 106 cm³/mol. The van der Waals surface area contributed by atoms with E-state index in [1.54, 1.807) is 0 Å². The minimum Gasteiger partial charge on any atom is -0.493 e. The molecule has 0 atom stereocenters. The second kappa shape index (κ2) is 9.20. The number of Topliss-reactive ketones (excluding diaryl/α,β-unsaturated/α-hetero) is 1. The van der Waals surface area contributed by atoms with Crippen LogP contribution in [0.25, 0.3) is 0 Å². The van der Waals surface area contributed by atoms with E-state index in [0.717, 1.165) is 67.3 Å². The normalized spacial score (nSPS) is 12.9. The van der Waals surface area contributed by atoms with Gasteiger partial charge in [0.15, 0.2) is 5.78 Å². The molecule has 138 valence electrons. The lowest BCUT2D eigenvalue weighted by Gasteiger charge is -2.16. The van der Waals surface area contributed by atoms with Gasteiger partial charge in [-0.05, 0) is 68.2 Å². The summed E-state index contributed by atoms with van der Waals surface area (Å²) in [7, 11) is 2.12. The quantitative estimate of drug-likeness (QED) is 0.468. The molecule has 0 saturated heterocycles. The average molecular weight is 372 g/mol. The second-order valence-corrected chi connectivity index (χ2v) is 7.35. The molecule has 3 rings (SSSR count). The molecule has 3 nitrogen and oxygen atoms in total. The summed E-state index contributed by atoms with van der Waals surface area (Å²) in [6.07, 6.45) is 4.42. The third-order valence-corrected chi connectivity index (χ3v) is 5.29. The molecule has 4 heteroatoms. The van der Waals surface area contributed by atoms with Crippen molar-refractivity contribution in [3.63, 3.8) is 0 Å². The van der Waals surface area contributed by atoms with E-state index in [9.17, 15) is 4.79 Å². The lowest BCUT2D eigenvalue weighted by atomic mass is 10.0. The highest BCUT2D eigenvalue weighted by molar-refractivity contribution is 6.31. The minimum absolute atomic E-state index is 0.235. The third kappa shape index (κ3) is 5.09. The number of hydrogen-bond acceptors (Lipinski definition) is 3. The number of likely N-dealkylation sites (N-methyl/N-ethyl adjacent to an activating group) is 1. The van der Waals surface area contributed by atoms with Crippen LogP contribution in [0.4, 0.5) is 0 Å².